The summed E-state index contributed by atoms with van der Waals surface area (Å²) < 4.78 is 10.5. The highest BCUT2D eigenvalue weighted by molar-refractivity contribution is 5.78. The van der Waals surface area contributed by atoms with E-state index >= 15 is 0 Å². The zero-order valence-electron chi connectivity index (χ0n) is 13.2. The van der Waals surface area contributed by atoms with Crippen LogP contribution in [-0.2, 0) is 9.53 Å². The molecule has 0 saturated carbocycles. The molecule has 1 unspecified atom stereocenters. The van der Waals surface area contributed by atoms with Crippen molar-refractivity contribution in [3.05, 3.63) is 29.8 Å². The van der Waals surface area contributed by atoms with Crippen molar-refractivity contribution in [2.24, 2.45) is 0 Å². The molecule has 0 N–H and O–H groups in total. The number of carbonyl (C=O) groups excluding carboxylic acids is 1. The van der Waals surface area contributed by atoms with Gasteiger partial charge in [-0.25, -0.2) is 0 Å². The molecule has 0 radical (unpaired) electrons. The number of rotatable bonds is 4. The van der Waals surface area contributed by atoms with Crippen molar-refractivity contribution >= 4 is 5.91 Å². The van der Waals surface area contributed by atoms with Crippen LogP contribution in [0.15, 0.2) is 24.3 Å². The Hall–Kier alpha value is -1.59. The minimum atomic E-state index is 0.226. The molecule has 1 amide bonds. The Bertz CT molecular complexity index is 497. The van der Waals surface area contributed by atoms with Crippen LogP contribution in [0.3, 0.4) is 0 Å². The number of hydrogen-bond acceptors (Lipinski definition) is 4. The van der Waals surface area contributed by atoms with E-state index in [1.54, 1.807) is 7.11 Å². The van der Waals surface area contributed by atoms with E-state index < -0.39 is 0 Å². The molecule has 1 atom stereocenters. The van der Waals surface area contributed by atoms with Gasteiger partial charge in [0, 0.05) is 19.1 Å². The molecule has 5 heteroatoms. The highest BCUT2D eigenvalue weighted by atomic mass is 16.5. The molecule has 0 bridgehead atoms. The molecule has 22 heavy (non-hydrogen) atoms. The van der Waals surface area contributed by atoms with Crippen LogP contribution in [0.4, 0.5) is 0 Å². The van der Waals surface area contributed by atoms with Crippen LogP contribution in [0.25, 0.3) is 0 Å². The molecule has 0 aromatic heterocycles. The van der Waals surface area contributed by atoms with Gasteiger partial charge in [-0.2, -0.15) is 0 Å². The maximum absolute atomic E-state index is 12.4. The Kier molecular flexibility index (Phi) is 4.95. The van der Waals surface area contributed by atoms with E-state index in [0.717, 1.165) is 38.2 Å². The third kappa shape index (κ3) is 3.42. The molecular formula is C17H24N2O3. The van der Waals surface area contributed by atoms with E-state index in [1.807, 2.05) is 17.0 Å². The summed E-state index contributed by atoms with van der Waals surface area (Å²) in [6.45, 7) is 4.27. The second-order valence-corrected chi connectivity index (χ2v) is 5.89. The SMILES string of the molecule is COc1ccc(C2CCCN2CC(=O)N2CCOCC2)cc1. The molecule has 2 aliphatic heterocycles. The fourth-order valence-electron chi connectivity index (χ4n) is 3.31. The highest BCUT2D eigenvalue weighted by Crippen LogP contribution is 2.32. The van der Waals surface area contributed by atoms with Crippen molar-refractivity contribution in [1.29, 1.82) is 0 Å². The standard InChI is InChI=1S/C17H24N2O3/c1-21-15-6-4-14(5-7-15)16-3-2-8-19(16)13-17(20)18-9-11-22-12-10-18/h4-7,16H,2-3,8-13H2,1H3. The monoisotopic (exact) mass is 304 g/mol. The molecule has 0 spiro atoms. The van der Waals surface area contributed by atoms with Gasteiger partial charge in [-0.1, -0.05) is 12.1 Å². The first kappa shape index (κ1) is 15.3. The van der Waals surface area contributed by atoms with E-state index in [1.165, 1.54) is 5.56 Å². The number of methoxy groups -OCH3 is 1. The zero-order chi connectivity index (χ0) is 15.4. The van der Waals surface area contributed by atoms with E-state index in [2.05, 4.69) is 17.0 Å². The first-order valence-corrected chi connectivity index (χ1v) is 8.01. The summed E-state index contributed by atoms with van der Waals surface area (Å²) in [5.41, 5.74) is 1.27. The van der Waals surface area contributed by atoms with Gasteiger partial charge < -0.3 is 14.4 Å². The van der Waals surface area contributed by atoms with Crippen LogP contribution in [0.1, 0.15) is 24.4 Å². The van der Waals surface area contributed by atoms with Crippen LogP contribution in [0.2, 0.25) is 0 Å². The van der Waals surface area contributed by atoms with Crippen molar-refractivity contribution in [3.63, 3.8) is 0 Å². The summed E-state index contributed by atoms with van der Waals surface area (Å²) in [5, 5.41) is 0. The molecule has 5 nitrogen and oxygen atoms in total. The quantitative estimate of drug-likeness (QED) is 0.849. The second-order valence-electron chi connectivity index (χ2n) is 5.89. The topological polar surface area (TPSA) is 42.0 Å². The molecule has 2 heterocycles. The number of benzene rings is 1. The lowest BCUT2D eigenvalue weighted by Gasteiger charge is -2.30. The summed E-state index contributed by atoms with van der Waals surface area (Å²) in [4.78, 5) is 16.7. The average molecular weight is 304 g/mol. The molecule has 2 saturated heterocycles. The highest BCUT2D eigenvalue weighted by Gasteiger charge is 2.29. The maximum Gasteiger partial charge on any atom is 0.236 e. The Morgan fingerprint density at radius 2 is 1.95 bits per heavy atom. The van der Waals surface area contributed by atoms with Crippen LogP contribution >= 0.6 is 0 Å². The van der Waals surface area contributed by atoms with Crippen LogP contribution in [0, 0.1) is 0 Å². The van der Waals surface area contributed by atoms with Crippen molar-refractivity contribution in [1.82, 2.24) is 9.80 Å². The fourth-order valence-corrected chi connectivity index (χ4v) is 3.31. The van der Waals surface area contributed by atoms with E-state index in [-0.39, 0.29) is 5.91 Å². The molecule has 0 aliphatic carbocycles. The molecule has 2 fully saturated rings. The lowest BCUT2D eigenvalue weighted by atomic mass is 10.0. The summed E-state index contributed by atoms with van der Waals surface area (Å²) >= 11 is 0. The van der Waals surface area contributed by atoms with E-state index in [9.17, 15) is 4.79 Å². The molecule has 120 valence electrons. The molecule has 2 aliphatic rings. The first-order valence-electron chi connectivity index (χ1n) is 8.01. The Balaban J connectivity index is 1.63. The minimum absolute atomic E-state index is 0.226. The van der Waals surface area contributed by atoms with Crippen LogP contribution in [0.5, 0.6) is 5.75 Å². The Labute approximate surface area is 131 Å². The molecule has 1 aromatic rings. The lowest BCUT2D eigenvalue weighted by molar-refractivity contribution is -0.136. The van der Waals surface area contributed by atoms with Gasteiger partial charge in [-0.15, -0.1) is 0 Å². The van der Waals surface area contributed by atoms with Gasteiger partial charge in [0.25, 0.3) is 0 Å². The van der Waals surface area contributed by atoms with Crippen molar-refractivity contribution in [3.8, 4) is 5.75 Å². The third-order valence-corrected chi connectivity index (χ3v) is 4.57. The van der Waals surface area contributed by atoms with E-state index in [4.69, 9.17) is 9.47 Å². The van der Waals surface area contributed by atoms with Crippen LogP contribution in [-0.4, -0.2) is 62.2 Å². The average Bonchev–Trinajstić information content (AvgIpc) is 3.04. The summed E-state index contributed by atoms with van der Waals surface area (Å²) in [6.07, 6.45) is 2.26. The van der Waals surface area contributed by atoms with Gasteiger partial charge in [0.15, 0.2) is 0 Å². The normalized spacial score (nSPS) is 22.8. The fraction of sp³-hybridized carbons (Fsp3) is 0.588. The third-order valence-electron chi connectivity index (χ3n) is 4.57. The Morgan fingerprint density at radius 3 is 2.64 bits per heavy atom. The zero-order valence-corrected chi connectivity index (χ0v) is 13.2. The van der Waals surface area contributed by atoms with Gasteiger partial charge in [0.2, 0.25) is 5.91 Å². The first-order chi connectivity index (χ1) is 10.8. The summed E-state index contributed by atoms with van der Waals surface area (Å²) in [5.74, 6) is 1.10. The van der Waals surface area contributed by atoms with E-state index in [0.29, 0.717) is 25.8 Å². The van der Waals surface area contributed by atoms with Crippen LogP contribution < -0.4 is 4.74 Å². The smallest absolute Gasteiger partial charge is 0.236 e. The maximum atomic E-state index is 12.4. The second kappa shape index (κ2) is 7.11. The van der Waals surface area contributed by atoms with Gasteiger partial charge >= 0.3 is 0 Å². The number of amides is 1. The molecule has 3 rings (SSSR count). The molecular weight excluding hydrogens is 280 g/mol. The predicted molar refractivity (Wildman–Crippen MR) is 83.9 cm³/mol. The van der Waals surface area contributed by atoms with Crippen molar-refractivity contribution < 1.29 is 14.3 Å². The van der Waals surface area contributed by atoms with Gasteiger partial charge in [-0.3, -0.25) is 9.69 Å². The van der Waals surface area contributed by atoms with Crippen molar-refractivity contribution in [2.75, 3.05) is 46.5 Å². The number of hydrogen-bond donors (Lipinski definition) is 0. The number of carbonyl (C=O) groups is 1. The van der Waals surface area contributed by atoms with Gasteiger partial charge in [0.1, 0.15) is 5.75 Å². The van der Waals surface area contributed by atoms with Gasteiger partial charge in [0.05, 0.1) is 26.9 Å². The number of likely N-dealkylation sites (tertiary alicyclic amines) is 1. The summed E-state index contributed by atoms with van der Waals surface area (Å²) in [6, 6.07) is 8.56. The molecule has 1 aromatic carbocycles. The largest absolute Gasteiger partial charge is 0.497 e. The number of ether oxygens (including phenoxy) is 2. The predicted octanol–water partition coefficient (Wildman–Crippen LogP) is 1.69. The lowest BCUT2D eigenvalue weighted by Crippen LogP contribution is -2.45. The Morgan fingerprint density at radius 1 is 1.23 bits per heavy atom. The number of nitrogens with zero attached hydrogens (tertiary/aromatic N) is 2. The summed E-state index contributed by atoms with van der Waals surface area (Å²) in [7, 11) is 1.68. The van der Waals surface area contributed by atoms with Gasteiger partial charge in [-0.05, 0) is 37.1 Å². The number of morpholine rings is 1. The van der Waals surface area contributed by atoms with Crippen molar-refractivity contribution in [2.45, 2.75) is 18.9 Å². The minimum Gasteiger partial charge on any atom is -0.497 e.